The first kappa shape index (κ1) is 10.5. The summed E-state index contributed by atoms with van der Waals surface area (Å²) in [5.74, 6) is -0.984. The van der Waals surface area contributed by atoms with E-state index in [2.05, 4.69) is 5.32 Å². The number of carboxylic acids is 1. The summed E-state index contributed by atoms with van der Waals surface area (Å²) in [5.41, 5.74) is 5.93. The number of carbonyl (C=O) groups is 1. The first-order valence-electron chi connectivity index (χ1n) is 4.10. The van der Waals surface area contributed by atoms with Crippen molar-refractivity contribution < 1.29 is 15.0 Å². The predicted molar refractivity (Wildman–Crippen MR) is 52.1 cm³/mol. The Morgan fingerprint density at radius 3 is 2.86 bits per heavy atom. The molecule has 0 saturated heterocycles. The van der Waals surface area contributed by atoms with Crippen LogP contribution in [-0.4, -0.2) is 29.0 Å². The molecular weight excluding hydrogens is 184 g/mol. The monoisotopic (exact) mass is 196 g/mol. The van der Waals surface area contributed by atoms with E-state index in [-0.39, 0.29) is 12.1 Å². The molecule has 0 aliphatic rings. The lowest BCUT2D eigenvalue weighted by molar-refractivity contribution is 0.0697. The number of nitrogens with one attached hydrogen (secondary N) is 1. The average Bonchev–Trinajstić information content (AvgIpc) is 2.15. The van der Waals surface area contributed by atoms with Crippen LogP contribution in [0.1, 0.15) is 10.4 Å². The summed E-state index contributed by atoms with van der Waals surface area (Å²) in [4.78, 5) is 10.6. The minimum atomic E-state index is -0.984. The number of nitrogens with two attached hydrogens (primary N) is 1. The Morgan fingerprint density at radius 1 is 1.57 bits per heavy atom. The molecule has 5 nitrogen and oxygen atoms in total. The van der Waals surface area contributed by atoms with Crippen LogP contribution in [0.3, 0.4) is 0 Å². The molecule has 0 saturated carbocycles. The van der Waals surface area contributed by atoms with Crippen LogP contribution in [0.4, 0.5) is 5.69 Å². The van der Waals surface area contributed by atoms with Crippen molar-refractivity contribution in [3.05, 3.63) is 29.8 Å². The third-order valence-electron chi connectivity index (χ3n) is 1.62. The highest BCUT2D eigenvalue weighted by Crippen LogP contribution is 2.10. The summed E-state index contributed by atoms with van der Waals surface area (Å²) < 4.78 is 0. The zero-order valence-corrected chi connectivity index (χ0v) is 7.47. The van der Waals surface area contributed by atoms with Gasteiger partial charge in [0.15, 0.2) is 0 Å². The van der Waals surface area contributed by atoms with Gasteiger partial charge in [-0.05, 0) is 18.2 Å². The third kappa shape index (κ3) is 3.04. The van der Waals surface area contributed by atoms with Crippen LogP contribution in [0, 0.1) is 0 Å². The smallest absolute Gasteiger partial charge is 0.335 e. The fourth-order valence-corrected chi connectivity index (χ4v) is 0.985. The van der Waals surface area contributed by atoms with Gasteiger partial charge < -0.3 is 21.3 Å². The Kier molecular flexibility index (Phi) is 3.44. The summed E-state index contributed by atoms with van der Waals surface area (Å²) in [6, 6.07) is 6.29. The maximum Gasteiger partial charge on any atom is 0.335 e. The highest BCUT2D eigenvalue weighted by atomic mass is 16.4. The van der Waals surface area contributed by atoms with E-state index in [4.69, 9.17) is 15.9 Å². The highest BCUT2D eigenvalue weighted by Gasteiger charge is 2.03. The number of aliphatic hydroxyl groups is 1. The summed E-state index contributed by atoms with van der Waals surface area (Å²) in [6.07, 6.45) is -0.955. The normalized spacial score (nSPS) is 12.1. The highest BCUT2D eigenvalue weighted by molar-refractivity contribution is 5.88. The quantitative estimate of drug-likeness (QED) is 0.511. The van der Waals surface area contributed by atoms with Gasteiger partial charge in [-0.25, -0.2) is 4.79 Å². The molecule has 0 fully saturated rings. The first-order chi connectivity index (χ1) is 6.59. The predicted octanol–water partition coefficient (Wildman–Crippen LogP) is 0.0738. The minimum Gasteiger partial charge on any atom is -0.478 e. The molecule has 0 bridgehead atoms. The van der Waals surface area contributed by atoms with Crippen molar-refractivity contribution in [1.82, 2.24) is 0 Å². The summed E-state index contributed by atoms with van der Waals surface area (Å²) in [6.45, 7) is 0.184. The molecule has 1 unspecified atom stereocenters. The van der Waals surface area contributed by atoms with Crippen molar-refractivity contribution >= 4 is 11.7 Å². The van der Waals surface area contributed by atoms with Crippen molar-refractivity contribution in [3.63, 3.8) is 0 Å². The minimum absolute atomic E-state index is 0.184. The fraction of sp³-hybridized carbons (Fsp3) is 0.222. The molecule has 0 aromatic heterocycles. The van der Waals surface area contributed by atoms with E-state index in [0.717, 1.165) is 0 Å². The van der Waals surface area contributed by atoms with Crippen molar-refractivity contribution in [2.75, 3.05) is 11.9 Å². The van der Waals surface area contributed by atoms with Gasteiger partial charge in [0.1, 0.15) is 6.23 Å². The molecular formula is C9H12N2O3. The van der Waals surface area contributed by atoms with E-state index >= 15 is 0 Å². The number of aromatic carboxylic acids is 1. The fourth-order valence-electron chi connectivity index (χ4n) is 0.985. The maximum atomic E-state index is 10.6. The Hall–Kier alpha value is -1.59. The lowest BCUT2D eigenvalue weighted by Crippen LogP contribution is -2.28. The zero-order chi connectivity index (χ0) is 10.6. The molecule has 0 amide bonds. The van der Waals surface area contributed by atoms with Gasteiger partial charge >= 0.3 is 5.97 Å². The number of benzene rings is 1. The molecule has 1 aromatic rings. The van der Waals surface area contributed by atoms with Crippen molar-refractivity contribution in [1.29, 1.82) is 0 Å². The van der Waals surface area contributed by atoms with E-state index in [1.54, 1.807) is 12.1 Å². The standard InChI is InChI=1S/C9H12N2O3/c10-8(12)5-11-7-3-1-2-6(4-7)9(13)14/h1-4,8,11-12H,5,10H2,(H,13,14). The molecule has 0 radical (unpaired) electrons. The van der Waals surface area contributed by atoms with E-state index in [9.17, 15) is 4.79 Å². The Morgan fingerprint density at radius 2 is 2.29 bits per heavy atom. The summed E-state index contributed by atoms with van der Waals surface area (Å²) in [7, 11) is 0. The number of aliphatic hydroxyl groups excluding tert-OH is 1. The van der Waals surface area contributed by atoms with Gasteiger partial charge in [-0.15, -0.1) is 0 Å². The number of hydrogen-bond donors (Lipinski definition) is 4. The summed E-state index contributed by atoms with van der Waals surface area (Å²) in [5, 5.41) is 20.3. The zero-order valence-electron chi connectivity index (χ0n) is 7.47. The molecule has 14 heavy (non-hydrogen) atoms. The van der Waals surface area contributed by atoms with Crippen LogP contribution < -0.4 is 11.1 Å². The second-order valence-electron chi connectivity index (χ2n) is 2.83. The number of hydrogen-bond acceptors (Lipinski definition) is 4. The largest absolute Gasteiger partial charge is 0.478 e. The second kappa shape index (κ2) is 4.59. The van der Waals surface area contributed by atoms with E-state index < -0.39 is 12.2 Å². The van der Waals surface area contributed by atoms with Crippen LogP contribution in [0.5, 0.6) is 0 Å². The Bertz CT molecular complexity index is 326. The SMILES string of the molecule is NC(O)CNc1cccc(C(=O)O)c1. The van der Waals surface area contributed by atoms with Gasteiger partial charge in [0, 0.05) is 5.69 Å². The first-order valence-corrected chi connectivity index (χ1v) is 4.10. The van der Waals surface area contributed by atoms with Crippen LogP contribution >= 0.6 is 0 Å². The van der Waals surface area contributed by atoms with E-state index in [1.807, 2.05) is 0 Å². The van der Waals surface area contributed by atoms with Crippen molar-refractivity contribution in [2.45, 2.75) is 6.23 Å². The lowest BCUT2D eigenvalue weighted by atomic mass is 10.2. The topological polar surface area (TPSA) is 95.6 Å². The van der Waals surface area contributed by atoms with Gasteiger partial charge in [0.2, 0.25) is 0 Å². The molecule has 5 heteroatoms. The molecule has 1 rings (SSSR count). The van der Waals surface area contributed by atoms with Crippen LogP contribution in [0.2, 0.25) is 0 Å². The average molecular weight is 196 g/mol. The molecule has 0 aliphatic heterocycles. The van der Waals surface area contributed by atoms with Gasteiger partial charge in [0.05, 0.1) is 12.1 Å². The number of anilines is 1. The molecule has 0 spiro atoms. The van der Waals surface area contributed by atoms with E-state index in [0.29, 0.717) is 5.69 Å². The number of rotatable bonds is 4. The van der Waals surface area contributed by atoms with E-state index in [1.165, 1.54) is 12.1 Å². The van der Waals surface area contributed by atoms with Gasteiger partial charge in [-0.3, -0.25) is 0 Å². The van der Waals surface area contributed by atoms with Crippen LogP contribution in [-0.2, 0) is 0 Å². The lowest BCUT2D eigenvalue weighted by Gasteiger charge is -2.08. The Labute approximate surface area is 81.2 Å². The Balaban J connectivity index is 2.69. The van der Waals surface area contributed by atoms with Gasteiger partial charge in [-0.1, -0.05) is 6.07 Å². The molecule has 0 aliphatic carbocycles. The number of carboxylic acid groups (broad SMARTS) is 1. The summed E-state index contributed by atoms with van der Waals surface area (Å²) >= 11 is 0. The van der Waals surface area contributed by atoms with Crippen LogP contribution in [0.25, 0.3) is 0 Å². The molecule has 76 valence electrons. The van der Waals surface area contributed by atoms with Crippen molar-refractivity contribution in [3.8, 4) is 0 Å². The van der Waals surface area contributed by atoms with Crippen LogP contribution in [0.15, 0.2) is 24.3 Å². The molecule has 1 atom stereocenters. The third-order valence-corrected chi connectivity index (χ3v) is 1.62. The molecule has 0 heterocycles. The second-order valence-corrected chi connectivity index (χ2v) is 2.83. The van der Waals surface area contributed by atoms with Crippen molar-refractivity contribution in [2.24, 2.45) is 5.73 Å². The molecule has 1 aromatic carbocycles. The molecule has 5 N–H and O–H groups in total. The maximum absolute atomic E-state index is 10.6. The van der Waals surface area contributed by atoms with Gasteiger partial charge in [-0.2, -0.15) is 0 Å². The van der Waals surface area contributed by atoms with Gasteiger partial charge in [0.25, 0.3) is 0 Å².